The number of nitrogens with zero attached hydrogens (tertiary/aromatic N) is 3. The van der Waals surface area contributed by atoms with Gasteiger partial charge in [-0.1, -0.05) is 37.8 Å². The fourth-order valence-electron chi connectivity index (χ4n) is 3.29. The first-order valence-corrected chi connectivity index (χ1v) is 11.4. The molecule has 0 saturated carbocycles. The summed E-state index contributed by atoms with van der Waals surface area (Å²) in [6.07, 6.45) is 1.41. The van der Waals surface area contributed by atoms with Crippen molar-refractivity contribution in [1.29, 1.82) is 0 Å². The molecule has 3 aromatic rings. The highest BCUT2D eigenvalue weighted by Gasteiger charge is 2.23. The molecule has 9 nitrogen and oxygen atoms in total. The Bertz CT molecular complexity index is 1200. The number of aliphatic hydroxyl groups excluding tert-OH is 1. The average Bonchev–Trinajstić information content (AvgIpc) is 3.27. The normalized spacial score (nSPS) is 13.9. The van der Waals surface area contributed by atoms with E-state index in [4.69, 9.17) is 9.26 Å². The first kappa shape index (κ1) is 24.3. The van der Waals surface area contributed by atoms with E-state index in [9.17, 15) is 9.90 Å². The Kier molecular flexibility index (Phi) is 7.34. The van der Waals surface area contributed by atoms with Crippen molar-refractivity contribution < 1.29 is 19.2 Å². The number of carbonyl (C=O) groups is 1. The summed E-state index contributed by atoms with van der Waals surface area (Å²) in [6.45, 7) is 8.82. The van der Waals surface area contributed by atoms with Crippen LogP contribution in [0.25, 0.3) is 0 Å². The Morgan fingerprint density at radius 3 is 2.43 bits per heavy atom. The summed E-state index contributed by atoms with van der Waals surface area (Å²) in [5.41, 5.74) is 1.38. The zero-order chi connectivity index (χ0) is 24.8. The topological polar surface area (TPSA) is 113 Å². The van der Waals surface area contributed by atoms with Crippen LogP contribution >= 0.6 is 0 Å². The van der Waals surface area contributed by atoms with Gasteiger partial charge in [-0.25, -0.2) is 9.78 Å². The molecule has 2 amide bonds. The smallest absolute Gasteiger partial charge is 0.326 e. The molecule has 2 aromatic heterocycles. The lowest BCUT2D eigenvalue weighted by Crippen LogP contribution is -2.51. The van der Waals surface area contributed by atoms with Crippen LogP contribution in [0.4, 0.5) is 16.4 Å². The Hall–Kier alpha value is -3.87. The second-order valence-electron chi connectivity index (χ2n) is 9.37. The number of ether oxygens (including phenoxy) is 1. The van der Waals surface area contributed by atoms with Gasteiger partial charge in [-0.05, 0) is 36.4 Å². The van der Waals surface area contributed by atoms with Gasteiger partial charge in [0.15, 0.2) is 5.82 Å². The molecule has 1 aliphatic rings. The van der Waals surface area contributed by atoms with E-state index < -0.39 is 6.03 Å². The van der Waals surface area contributed by atoms with Crippen LogP contribution in [0.3, 0.4) is 0 Å². The van der Waals surface area contributed by atoms with E-state index in [0.717, 1.165) is 36.5 Å². The summed E-state index contributed by atoms with van der Waals surface area (Å²) >= 11 is 0. The predicted octanol–water partition coefficient (Wildman–Crippen LogP) is 3.47. The monoisotopic (exact) mass is 475 g/mol. The van der Waals surface area contributed by atoms with Gasteiger partial charge in [-0.2, -0.15) is 0 Å². The van der Waals surface area contributed by atoms with Crippen LogP contribution in [0, 0.1) is 11.8 Å². The minimum atomic E-state index is -0.463. The molecular weight excluding hydrogens is 446 g/mol. The number of anilines is 2. The molecule has 0 spiro atoms. The number of β-amino-alcohol motifs (C(OH)–C–C–N with tert-alkyl or cyclic N) is 1. The van der Waals surface area contributed by atoms with Crippen LogP contribution in [-0.2, 0) is 5.41 Å². The zero-order valence-corrected chi connectivity index (χ0v) is 20.0. The van der Waals surface area contributed by atoms with Gasteiger partial charge in [-0.3, -0.25) is 15.5 Å². The third kappa shape index (κ3) is 7.06. The number of hydrogen-bond acceptors (Lipinski definition) is 7. The number of carbonyl (C=O) groups excluding carboxylic acids is 1. The Morgan fingerprint density at radius 2 is 1.80 bits per heavy atom. The van der Waals surface area contributed by atoms with Crippen LogP contribution in [-0.4, -0.2) is 58.5 Å². The first-order valence-electron chi connectivity index (χ1n) is 11.4. The maximum absolute atomic E-state index is 12.2. The molecule has 1 aliphatic heterocycles. The number of benzene rings is 1. The van der Waals surface area contributed by atoms with E-state index >= 15 is 0 Å². The maximum atomic E-state index is 12.2. The summed E-state index contributed by atoms with van der Waals surface area (Å²) in [5, 5.41) is 18.4. The van der Waals surface area contributed by atoms with E-state index in [2.05, 4.69) is 37.5 Å². The van der Waals surface area contributed by atoms with Gasteiger partial charge in [0.25, 0.3) is 0 Å². The molecule has 35 heavy (non-hydrogen) atoms. The second-order valence-corrected chi connectivity index (χ2v) is 9.37. The predicted molar refractivity (Wildman–Crippen MR) is 132 cm³/mol. The Balaban J connectivity index is 1.24. The minimum Gasteiger partial charge on any atom is -0.492 e. The van der Waals surface area contributed by atoms with Gasteiger partial charge in [0, 0.05) is 48.4 Å². The molecule has 182 valence electrons. The number of pyridine rings is 1. The number of nitrogens with one attached hydrogen (secondary N) is 2. The number of aliphatic hydroxyl groups is 1. The molecule has 0 bridgehead atoms. The second kappa shape index (κ2) is 10.6. The number of hydrogen-bond donors (Lipinski definition) is 3. The molecular formula is C26H29N5O4. The van der Waals surface area contributed by atoms with Crippen molar-refractivity contribution in [1.82, 2.24) is 15.0 Å². The van der Waals surface area contributed by atoms with E-state index in [0.29, 0.717) is 24.0 Å². The third-order valence-electron chi connectivity index (χ3n) is 5.32. The number of aromatic nitrogens is 2. The maximum Gasteiger partial charge on any atom is 0.326 e. The lowest BCUT2D eigenvalue weighted by atomic mass is 9.93. The first-order chi connectivity index (χ1) is 16.7. The number of rotatable bonds is 6. The van der Waals surface area contributed by atoms with Crippen molar-refractivity contribution in [2.24, 2.45) is 0 Å². The van der Waals surface area contributed by atoms with Crippen LogP contribution < -0.4 is 15.4 Å². The van der Waals surface area contributed by atoms with Crippen molar-refractivity contribution in [3.05, 3.63) is 65.5 Å². The molecule has 9 heteroatoms. The molecule has 0 aliphatic carbocycles. The Labute approximate surface area is 204 Å². The summed E-state index contributed by atoms with van der Waals surface area (Å²) in [6, 6.07) is 12.3. The highest BCUT2D eigenvalue weighted by Crippen LogP contribution is 2.24. The minimum absolute atomic E-state index is 0.192. The van der Waals surface area contributed by atoms with Crippen molar-refractivity contribution in [3.8, 4) is 17.6 Å². The van der Waals surface area contributed by atoms with Gasteiger partial charge in [0.2, 0.25) is 0 Å². The van der Waals surface area contributed by atoms with E-state index in [1.54, 1.807) is 24.4 Å². The van der Waals surface area contributed by atoms with E-state index in [1.165, 1.54) is 0 Å². The largest absolute Gasteiger partial charge is 0.492 e. The SMILES string of the molecule is CC(C)(C)c1cc(NC(=O)Nc2ccc(C#Cc3ccc(OCCN4CC(O)C4)cc3)cn2)no1. The zero-order valence-electron chi connectivity index (χ0n) is 20.0. The third-order valence-corrected chi connectivity index (χ3v) is 5.32. The van der Waals surface area contributed by atoms with Gasteiger partial charge < -0.3 is 14.4 Å². The molecule has 1 aromatic carbocycles. The molecule has 3 heterocycles. The molecule has 0 atom stereocenters. The number of urea groups is 1. The molecule has 1 saturated heterocycles. The van der Waals surface area contributed by atoms with Crippen LogP contribution in [0.1, 0.15) is 37.7 Å². The van der Waals surface area contributed by atoms with Crippen LogP contribution in [0.15, 0.2) is 53.2 Å². The quantitative estimate of drug-likeness (QED) is 0.468. The number of likely N-dealkylation sites (tertiary alicyclic amines) is 1. The van der Waals surface area contributed by atoms with E-state index in [1.807, 2.05) is 45.0 Å². The van der Waals surface area contributed by atoms with Gasteiger partial charge in [0.05, 0.1) is 6.10 Å². The van der Waals surface area contributed by atoms with Crippen molar-refractivity contribution >= 4 is 17.7 Å². The Morgan fingerprint density at radius 1 is 1.11 bits per heavy atom. The van der Waals surface area contributed by atoms with Crippen LogP contribution in [0.5, 0.6) is 5.75 Å². The summed E-state index contributed by atoms with van der Waals surface area (Å²) in [7, 11) is 0. The van der Waals surface area contributed by atoms with Gasteiger partial charge in [0.1, 0.15) is 23.9 Å². The lowest BCUT2D eigenvalue weighted by molar-refractivity contribution is -0.00387. The van der Waals surface area contributed by atoms with Crippen LogP contribution in [0.2, 0.25) is 0 Å². The van der Waals surface area contributed by atoms with Crippen molar-refractivity contribution in [3.63, 3.8) is 0 Å². The molecule has 0 unspecified atom stereocenters. The molecule has 4 rings (SSSR count). The fraction of sp³-hybridized carbons (Fsp3) is 0.346. The fourth-order valence-corrected chi connectivity index (χ4v) is 3.29. The highest BCUT2D eigenvalue weighted by atomic mass is 16.5. The van der Waals surface area contributed by atoms with Crippen molar-refractivity contribution in [2.75, 3.05) is 36.9 Å². The summed E-state index contributed by atoms with van der Waals surface area (Å²) in [4.78, 5) is 18.6. The number of amides is 2. The average molecular weight is 476 g/mol. The molecule has 0 radical (unpaired) electrons. The van der Waals surface area contributed by atoms with E-state index in [-0.39, 0.29) is 11.5 Å². The molecule has 1 fully saturated rings. The van der Waals surface area contributed by atoms with Gasteiger partial charge >= 0.3 is 6.03 Å². The van der Waals surface area contributed by atoms with Gasteiger partial charge in [-0.15, -0.1) is 0 Å². The summed E-state index contributed by atoms with van der Waals surface area (Å²) < 4.78 is 11.0. The standard InChI is InChI=1S/C26H29N5O4/c1-26(2,3)22-14-24(30-35-22)29-25(33)28-23-11-8-19(15-27-23)5-4-18-6-9-21(10-7-18)34-13-12-31-16-20(32)17-31/h6-11,14-15,20,32H,12-13,16-17H2,1-3H3,(H2,27,28,29,30,33). The summed E-state index contributed by atoms with van der Waals surface area (Å²) in [5.74, 6) is 8.34. The lowest BCUT2D eigenvalue weighted by Gasteiger charge is -2.35. The highest BCUT2D eigenvalue weighted by molar-refractivity contribution is 5.98. The van der Waals surface area contributed by atoms with Crippen molar-refractivity contribution in [2.45, 2.75) is 32.3 Å². The molecule has 3 N–H and O–H groups in total.